The van der Waals surface area contributed by atoms with Gasteiger partial charge >= 0.3 is 12.1 Å². The highest BCUT2D eigenvalue weighted by atomic mass is 19.4. The topological polar surface area (TPSA) is 101 Å². The zero-order chi connectivity index (χ0) is 19.2. The molecule has 1 amide bonds. The SMILES string of the molecule is O=C(O)[C@H]1CN(C(=O)c2ccc(C(F)(F)F)cc2[N+](=O)[O-])C[C@@H]1C1CC1. The van der Waals surface area contributed by atoms with Gasteiger partial charge in [0.15, 0.2) is 0 Å². The number of halogens is 3. The van der Waals surface area contributed by atoms with E-state index in [0.717, 1.165) is 18.9 Å². The number of hydrogen-bond donors (Lipinski definition) is 1. The summed E-state index contributed by atoms with van der Waals surface area (Å²) in [5, 5.41) is 20.5. The number of carboxylic acids is 1. The molecule has 0 radical (unpaired) electrons. The van der Waals surface area contributed by atoms with E-state index in [-0.39, 0.29) is 24.9 Å². The van der Waals surface area contributed by atoms with Gasteiger partial charge in [0, 0.05) is 19.2 Å². The highest BCUT2D eigenvalue weighted by Crippen LogP contribution is 2.44. The fourth-order valence-corrected chi connectivity index (χ4v) is 3.47. The molecule has 1 aromatic rings. The van der Waals surface area contributed by atoms with Gasteiger partial charge in [0.25, 0.3) is 11.6 Å². The molecule has 1 aromatic carbocycles. The van der Waals surface area contributed by atoms with Crippen molar-refractivity contribution in [2.45, 2.75) is 19.0 Å². The van der Waals surface area contributed by atoms with Gasteiger partial charge in [-0.15, -0.1) is 0 Å². The van der Waals surface area contributed by atoms with Crippen molar-refractivity contribution in [3.05, 3.63) is 39.4 Å². The Morgan fingerprint density at radius 3 is 2.38 bits per heavy atom. The molecule has 26 heavy (non-hydrogen) atoms. The lowest BCUT2D eigenvalue weighted by atomic mass is 9.92. The lowest BCUT2D eigenvalue weighted by molar-refractivity contribution is -0.385. The van der Waals surface area contributed by atoms with Crippen molar-refractivity contribution < 1.29 is 32.8 Å². The molecule has 3 rings (SSSR count). The van der Waals surface area contributed by atoms with Crippen LogP contribution in [0, 0.1) is 27.9 Å². The maximum atomic E-state index is 12.8. The van der Waals surface area contributed by atoms with Crippen molar-refractivity contribution in [2.75, 3.05) is 13.1 Å². The van der Waals surface area contributed by atoms with E-state index in [9.17, 15) is 38.0 Å². The summed E-state index contributed by atoms with van der Waals surface area (Å²) in [6, 6.07) is 1.73. The monoisotopic (exact) mass is 372 g/mol. The molecule has 0 spiro atoms. The number of carbonyl (C=O) groups is 2. The van der Waals surface area contributed by atoms with Crippen molar-refractivity contribution in [1.82, 2.24) is 4.90 Å². The van der Waals surface area contributed by atoms with Crippen molar-refractivity contribution in [3.8, 4) is 0 Å². The highest BCUT2D eigenvalue weighted by molar-refractivity contribution is 5.98. The smallest absolute Gasteiger partial charge is 0.416 e. The first kappa shape index (κ1) is 18.2. The third kappa shape index (κ3) is 3.35. The van der Waals surface area contributed by atoms with E-state index in [1.807, 2.05) is 0 Å². The van der Waals surface area contributed by atoms with Gasteiger partial charge in [-0.05, 0) is 36.8 Å². The maximum Gasteiger partial charge on any atom is 0.416 e. The molecule has 0 unspecified atom stereocenters. The summed E-state index contributed by atoms with van der Waals surface area (Å²) >= 11 is 0. The van der Waals surface area contributed by atoms with Gasteiger partial charge < -0.3 is 10.0 Å². The van der Waals surface area contributed by atoms with E-state index in [2.05, 4.69) is 0 Å². The summed E-state index contributed by atoms with van der Waals surface area (Å²) in [6.45, 7) is 0.0339. The van der Waals surface area contributed by atoms with E-state index in [1.54, 1.807) is 0 Å². The predicted octanol–water partition coefficient (Wildman–Crippen LogP) is 2.80. The van der Waals surface area contributed by atoms with E-state index in [4.69, 9.17) is 0 Å². The number of alkyl halides is 3. The second-order valence-corrected chi connectivity index (χ2v) is 6.64. The molecule has 1 N–H and O–H groups in total. The number of rotatable bonds is 4. The number of likely N-dealkylation sites (tertiary alicyclic amines) is 1. The molecule has 2 aliphatic rings. The molecule has 1 aliphatic carbocycles. The van der Waals surface area contributed by atoms with Crippen LogP contribution in [0.2, 0.25) is 0 Å². The maximum absolute atomic E-state index is 12.8. The Labute approximate surface area is 145 Å². The van der Waals surface area contributed by atoms with Crippen LogP contribution in [-0.2, 0) is 11.0 Å². The minimum absolute atomic E-state index is 0.104. The van der Waals surface area contributed by atoms with Gasteiger partial charge in [-0.25, -0.2) is 0 Å². The van der Waals surface area contributed by atoms with Crippen molar-refractivity contribution in [1.29, 1.82) is 0 Å². The summed E-state index contributed by atoms with van der Waals surface area (Å²) in [5.41, 5.74) is -2.63. The van der Waals surface area contributed by atoms with Gasteiger partial charge in [0.05, 0.1) is 16.4 Å². The second kappa shape index (κ2) is 6.26. The lowest BCUT2D eigenvalue weighted by Crippen LogP contribution is -2.30. The Kier molecular flexibility index (Phi) is 4.37. The first-order valence-electron chi connectivity index (χ1n) is 7.97. The fraction of sp³-hybridized carbons (Fsp3) is 0.500. The zero-order valence-electron chi connectivity index (χ0n) is 13.4. The van der Waals surface area contributed by atoms with Crippen molar-refractivity contribution in [3.63, 3.8) is 0 Å². The van der Waals surface area contributed by atoms with Crippen LogP contribution in [0.3, 0.4) is 0 Å². The number of aliphatic carboxylic acids is 1. The van der Waals surface area contributed by atoms with Crippen LogP contribution in [0.4, 0.5) is 18.9 Å². The molecule has 10 heteroatoms. The number of amides is 1. The number of benzene rings is 1. The molecule has 1 saturated carbocycles. The standard InChI is InChI=1S/C16H15F3N2O5/c17-16(18,19)9-3-4-10(13(5-9)21(25)26)14(22)20-6-11(8-1-2-8)12(7-20)15(23)24/h3-5,8,11-12H,1-2,6-7H2,(H,23,24)/t11-,12+/m1/s1. The Morgan fingerprint density at radius 2 is 1.88 bits per heavy atom. The average Bonchev–Trinajstić information content (AvgIpc) is 3.30. The fourth-order valence-electron chi connectivity index (χ4n) is 3.47. The number of carbonyl (C=O) groups excluding carboxylic acids is 1. The third-order valence-electron chi connectivity index (χ3n) is 4.95. The summed E-state index contributed by atoms with van der Waals surface area (Å²) in [6.07, 6.45) is -3.03. The Bertz CT molecular complexity index is 776. The molecule has 7 nitrogen and oxygen atoms in total. The molecule has 1 saturated heterocycles. The van der Waals surface area contributed by atoms with Gasteiger partial charge in [0.1, 0.15) is 5.56 Å². The van der Waals surface area contributed by atoms with Crippen LogP contribution < -0.4 is 0 Å². The van der Waals surface area contributed by atoms with Crippen LogP contribution in [0.15, 0.2) is 18.2 Å². The number of nitrogens with zero attached hydrogens (tertiary/aromatic N) is 2. The van der Waals surface area contributed by atoms with Crippen LogP contribution in [0.1, 0.15) is 28.8 Å². The van der Waals surface area contributed by atoms with Gasteiger partial charge in [-0.1, -0.05) is 0 Å². The first-order chi connectivity index (χ1) is 12.1. The summed E-state index contributed by atoms with van der Waals surface area (Å²) in [4.78, 5) is 35.3. The van der Waals surface area contributed by atoms with E-state index < -0.39 is 45.7 Å². The Hall–Kier alpha value is -2.65. The quantitative estimate of drug-likeness (QED) is 0.647. The Morgan fingerprint density at radius 1 is 1.23 bits per heavy atom. The Balaban J connectivity index is 1.90. The molecule has 2 fully saturated rings. The van der Waals surface area contributed by atoms with Gasteiger partial charge in [-0.2, -0.15) is 13.2 Å². The van der Waals surface area contributed by atoms with E-state index in [0.29, 0.717) is 12.1 Å². The molecule has 1 aliphatic heterocycles. The normalized spacial score (nSPS) is 23.1. The van der Waals surface area contributed by atoms with E-state index >= 15 is 0 Å². The molecule has 0 aromatic heterocycles. The third-order valence-corrected chi connectivity index (χ3v) is 4.95. The lowest BCUT2D eigenvalue weighted by Gasteiger charge is -2.17. The molecule has 2 atom stereocenters. The van der Waals surface area contributed by atoms with Crippen molar-refractivity contribution >= 4 is 17.6 Å². The summed E-state index contributed by atoms with van der Waals surface area (Å²) in [7, 11) is 0. The van der Waals surface area contributed by atoms with Gasteiger partial charge in [-0.3, -0.25) is 19.7 Å². The highest BCUT2D eigenvalue weighted by Gasteiger charge is 2.47. The second-order valence-electron chi connectivity index (χ2n) is 6.64. The average molecular weight is 372 g/mol. The minimum Gasteiger partial charge on any atom is -0.481 e. The largest absolute Gasteiger partial charge is 0.481 e. The molecule has 140 valence electrons. The zero-order valence-corrected chi connectivity index (χ0v) is 13.4. The molecular formula is C16H15F3N2O5. The number of hydrogen-bond acceptors (Lipinski definition) is 4. The number of nitro groups is 1. The predicted molar refractivity (Wildman–Crippen MR) is 81.3 cm³/mol. The van der Waals surface area contributed by atoms with Gasteiger partial charge in [0.2, 0.25) is 0 Å². The first-order valence-corrected chi connectivity index (χ1v) is 7.97. The number of carboxylic acid groups (broad SMARTS) is 1. The summed E-state index contributed by atoms with van der Waals surface area (Å²) in [5.74, 6) is -2.65. The molecule has 1 heterocycles. The molecule has 0 bridgehead atoms. The molecular weight excluding hydrogens is 357 g/mol. The van der Waals surface area contributed by atoms with Crippen LogP contribution >= 0.6 is 0 Å². The van der Waals surface area contributed by atoms with Crippen LogP contribution in [-0.4, -0.2) is 39.9 Å². The summed E-state index contributed by atoms with van der Waals surface area (Å²) < 4.78 is 38.3. The van der Waals surface area contributed by atoms with Crippen molar-refractivity contribution in [2.24, 2.45) is 17.8 Å². The van der Waals surface area contributed by atoms with Crippen LogP contribution in [0.5, 0.6) is 0 Å². The van der Waals surface area contributed by atoms with Crippen LogP contribution in [0.25, 0.3) is 0 Å². The number of nitro benzene ring substituents is 1. The van der Waals surface area contributed by atoms with E-state index in [1.165, 1.54) is 4.90 Å². The minimum atomic E-state index is -4.77.